The zero-order chi connectivity index (χ0) is 18.0. The molecule has 1 atom stereocenters. The second-order valence-electron chi connectivity index (χ2n) is 5.53. The van der Waals surface area contributed by atoms with Crippen molar-refractivity contribution in [1.82, 2.24) is 0 Å². The lowest BCUT2D eigenvalue weighted by Crippen LogP contribution is -2.30. The summed E-state index contributed by atoms with van der Waals surface area (Å²) in [6.07, 6.45) is -4.49. The smallest absolute Gasteiger partial charge is 0.416 e. The predicted molar refractivity (Wildman–Crippen MR) is 81.5 cm³/mol. The number of carbonyl (C=O) groups excluding carboxylic acids is 1. The molecule has 0 spiro atoms. The van der Waals surface area contributed by atoms with Crippen molar-refractivity contribution >= 4 is 5.91 Å². The molecular weight excluding hydrogens is 323 g/mol. The average Bonchev–Trinajstić information content (AvgIpc) is 2.53. The topological polar surface area (TPSA) is 72.6 Å². The van der Waals surface area contributed by atoms with Gasteiger partial charge < -0.3 is 15.6 Å². The number of alkyl halides is 3. The maximum absolute atomic E-state index is 12.8. The van der Waals surface area contributed by atoms with Gasteiger partial charge in [-0.1, -0.05) is 12.1 Å². The standard InChI is InChI=1S/C17H16F3NO3/c1-16(23,12-3-2-4-13(9-12)17(18,19)20)10-24-14-7-5-11(6-8-14)15(21)22/h2-9,23H,10H2,1H3,(H2,21,22). The summed E-state index contributed by atoms with van der Waals surface area (Å²) in [6, 6.07) is 10.3. The van der Waals surface area contributed by atoms with Gasteiger partial charge in [0.05, 0.1) is 5.56 Å². The lowest BCUT2D eigenvalue weighted by molar-refractivity contribution is -0.137. The van der Waals surface area contributed by atoms with Crippen LogP contribution >= 0.6 is 0 Å². The Morgan fingerprint density at radius 3 is 2.25 bits per heavy atom. The first-order valence-corrected chi connectivity index (χ1v) is 7.02. The van der Waals surface area contributed by atoms with Gasteiger partial charge in [-0.05, 0) is 48.9 Å². The van der Waals surface area contributed by atoms with E-state index in [4.69, 9.17) is 10.5 Å². The highest BCUT2D eigenvalue weighted by Gasteiger charge is 2.33. The van der Waals surface area contributed by atoms with Crippen LogP contribution in [0.15, 0.2) is 48.5 Å². The molecule has 1 unspecified atom stereocenters. The Morgan fingerprint density at radius 2 is 1.71 bits per heavy atom. The van der Waals surface area contributed by atoms with E-state index in [0.29, 0.717) is 11.3 Å². The van der Waals surface area contributed by atoms with Crippen LogP contribution in [0.1, 0.15) is 28.4 Å². The third-order valence-corrected chi connectivity index (χ3v) is 3.47. The lowest BCUT2D eigenvalue weighted by Gasteiger charge is -2.25. The van der Waals surface area contributed by atoms with Crippen LogP contribution in [0, 0.1) is 0 Å². The summed E-state index contributed by atoms with van der Waals surface area (Å²) in [4.78, 5) is 11.0. The molecule has 2 aromatic carbocycles. The number of primary amides is 1. The fraction of sp³-hybridized carbons (Fsp3) is 0.235. The van der Waals surface area contributed by atoms with Gasteiger partial charge in [-0.25, -0.2) is 0 Å². The Balaban J connectivity index is 2.12. The minimum Gasteiger partial charge on any atom is -0.490 e. The Bertz CT molecular complexity index is 725. The summed E-state index contributed by atoms with van der Waals surface area (Å²) in [6.45, 7) is 1.10. The maximum Gasteiger partial charge on any atom is 0.416 e. The summed E-state index contributed by atoms with van der Waals surface area (Å²) in [7, 11) is 0. The minimum atomic E-state index is -4.49. The third kappa shape index (κ3) is 4.26. The van der Waals surface area contributed by atoms with Crippen molar-refractivity contribution in [2.75, 3.05) is 6.61 Å². The quantitative estimate of drug-likeness (QED) is 0.879. The second-order valence-corrected chi connectivity index (χ2v) is 5.53. The first-order chi connectivity index (χ1) is 11.1. The first-order valence-electron chi connectivity index (χ1n) is 7.02. The Kier molecular flexibility index (Phi) is 4.84. The van der Waals surface area contributed by atoms with Crippen LogP contribution in [0.5, 0.6) is 5.75 Å². The van der Waals surface area contributed by atoms with Crippen molar-refractivity contribution in [2.24, 2.45) is 5.73 Å². The van der Waals surface area contributed by atoms with Crippen molar-refractivity contribution < 1.29 is 27.8 Å². The number of rotatable bonds is 5. The van der Waals surface area contributed by atoms with E-state index in [2.05, 4.69) is 0 Å². The highest BCUT2D eigenvalue weighted by atomic mass is 19.4. The molecular formula is C17H16F3NO3. The van der Waals surface area contributed by atoms with E-state index in [9.17, 15) is 23.1 Å². The van der Waals surface area contributed by atoms with Crippen LogP contribution < -0.4 is 10.5 Å². The average molecular weight is 339 g/mol. The van der Waals surface area contributed by atoms with Crippen molar-refractivity contribution in [3.63, 3.8) is 0 Å². The molecule has 0 aliphatic rings. The lowest BCUT2D eigenvalue weighted by atomic mass is 9.95. The molecule has 0 radical (unpaired) electrons. The zero-order valence-corrected chi connectivity index (χ0v) is 12.8. The number of amides is 1. The van der Waals surface area contributed by atoms with Crippen molar-refractivity contribution in [3.8, 4) is 5.75 Å². The van der Waals surface area contributed by atoms with Gasteiger partial charge >= 0.3 is 6.18 Å². The Hall–Kier alpha value is -2.54. The van der Waals surface area contributed by atoms with E-state index < -0.39 is 23.2 Å². The van der Waals surface area contributed by atoms with Gasteiger partial charge in [0, 0.05) is 5.56 Å². The van der Waals surface area contributed by atoms with Gasteiger partial charge in [0.15, 0.2) is 0 Å². The van der Waals surface area contributed by atoms with Crippen molar-refractivity contribution in [3.05, 3.63) is 65.2 Å². The molecule has 2 aromatic rings. The number of ether oxygens (including phenoxy) is 1. The summed E-state index contributed by atoms with van der Waals surface area (Å²) in [5.74, 6) is -0.232. The normalized spacial score (nSPS) is 14.0. The Morgan fingerprint density at radius 1 is 1.12 bits per heavy atom. The highest BCUT2D eigenvalue weighted by Crippen LogP contribution is 2.32. The van der Waals surface area contributed by atoms with Gasteiger partial charge in [0.1, 0.15) is 18.0 Å². The van der Waals surface area contributed by atoms with Crippen LogP contribution in [0.3, 0.4) is 0 Å². The zero-order valence-electron chi connectivity index (χ0n) is 12.8. The van der Waals surface area contributed by atoms with Crippen LogP contribution in [-0.4, -0.2) is 17.6 Å². The summed E-state index contributed by atoms with van der Waals surface area (Å²) < 4.78 is 43.7. The molecule has 0 saturated heterocycles. The molecule has 0 bridgehead atoms. The molecule has 1 amide bonds. The first kappa shape index (κ1) is 17.8. The monoisotopic (exact) mass is 339 g/mol. The summed E-state index contributed by atoms with van der Waals surface area (Å²) >= 11 is 0. The number of nitrogens with two attached hydrogens (primary N) is 1. The minimum absolute atomic E-state index is 0.0890. The number of hydrogen-bond acceptors (Lipinski definition) is 3. The van der Waals surface area contributed by atoms with Gasteiger partial charge in [0.2, 0.25) is 5.91 Å². The highest BCUT2D eigenvalue weighted by molar-refractivity contribution is 5.92. The van der Waals surface area contributed by atoms with Gasteiger partial charge in [-0.15, -0.1) is 0 Å². The van der Waals surface area contributed by atoms with Crippen LogP contribution in [0.25, 0.3) is 0 Å². The van der Waals surface area contributed by atoms with Crippen molar-refractivity contribution in [1.29, 1.82) is 0 Å². The van der Waals surface area contributed by atoms with E-state index in [-0.39, 0.29) is 12.2 Å². The van der Waals surface area contributed by atoms with Crippen molar-refractivity contribution in [2.45, 2.75) is 18.7 Å². The number of aliphatic hydroxyl groups is 1. The van der Waals surface area contributed by atoms with Gasteiger partial charge in [-0.2, -0.15) is 13.2 Å². The molecule has 128 valence electrons. The number of benzene rings is 2. The molecule has 0 aliphatic carbocycles. The number of carbonyl (C=O) groups is 1. The van der Waals surface area contributed by atoms with Gasteiger partial charge in [0.25, 0.3) is 0 Å². The SMILES string of the molecule is CC(O)(COc1ccc(C(N)=O)cc1)c1cccc(C(F)(F)F)c1. The third-order valence-electron chi connectivity index (χ3n) is 3.47. The molecule has 0 aliphatic heterocycles. The van der Waals surface area contributed by atoms with Crippen LogP contribution in [0.2, 0.25) is 0 Å². The predicted octanol–water partition coefficient (Wildman–Crippen LogP) is 3.09. The molecule has 0 saturated carbocycles. The van der Waals surface area contributed by atoms with Crippen LogP contribution in [0.4, 0.5) is 13.2 Å². The second kappa shape index (κ2) is 6.52. The number of hydrogen-bond donors (Lipinski definition) is 2. The molecule has 3 N–H and O–H groups in total. The summed E-state index contributed by atoms with van der Waals surface area (Å²) in [5.41, 5.74) is 3.04. The fourth-order valence-corrected chi connectivity index (χ4v) is 2.05. The Labute approximate surface area is 136 Å². The van der Waals surface area contributed by atoms with E-state index >= 15 is 0 Å². The molecule has 4 nitrogen and oxygen atoms in total. The fourth-order valence-electron chi connectivity index (χ4n) is 2.05. The maximum atomic E-state index is 12.8. The molecule has 7 heteroatoms. The van der Waals surface area contributed by atoms with E-state index in [0.717, 1.165) is 12.1 Å². The molecule has 2 rings (SSSR count). The molecule has 24 heavy (non-hydrogen) atoms. The molecule has 0 fully saturated rings. The van der Waals surface area contributed by atoms with E-state index in [1.165, 1.54) is 43.3 Å². The van der Waals surface area contributed by atoms with Crippen LogP contribution in [-0.2, 0) is 11.8 Å². The van der Waals surface area contributed by atoms with Gasteiger partial charge in [-0.3, -0.25) is 4.79 Å². The molecule has 0 aromatic heterocycles. The number of halogens is 3. The summed E-state index contributed by atoms with van der Waals surface area (Å²) in [5, 5.41) is 10.4. The largest absolute Gasteiger partial charge is 0.490 e. The van der Waals surface area contributed by atoms with E-state index in [1.54, 1.807) is 0 Å². The molecule has 0 heterocycles. The van der Waals surface area contributed by atoms with E-state index in [1.807, 2.05) is 0 Å².